The molecule has 61 heavy (non-hydrogen) atoms. The number of nitrogens with zero attached hydrogens (tertiary/aromatic N) is 2. The molecule has 0 aliphatic heterocycles. The number of carbonyl (C=O) groups excluding carboxylic acids is 3. The minimum atomic E-state index is -0.659. The quantitative estimate of drug-likeness (QED) is 0.0443. The fourth-order valence-corrected chi connectivity index (χ4v) is 5.41. The predicted octanol–water partition coefficient (Wildman–Crippen LogP) is 9.23. The van der Waals surface area contributed by atoms with Gasteiger partial charge in [0.15, 0.2) is 12.0 Å². The summed E-state index contributed by atoms with van der Waals surface area (Å²) in [7, 11) is 6.16. The first-order valence-corrected chi connectivity index (χ1v) is 21.0. The number of benzene rings is 3. The van der Waals surface area contributed by atoms with Crippen LogP contribution in [0.25, 0.3) is 0 Å². The summed E-state index contributed by atoms with van der Waals surface area (Å²) < 4.78 is 26.3. The highest BCUT2D eigenvalue weighted by atomic mass is 16.7. The number of hydrogen-bond donors (Lipinski definition) is 0. The lowest BCUT2D eigenvalue weighted by Crippen LogP contribution is -2.31. The van der Waals surface area contributed by atoms with Crippen LogP contribution in [0.3, 0.4) is 0 Å². The summed E-state index contributed by atoms with van der Waals surface area (Å²) in [5, 5.41) is 5.14. The highest BCUT2D eigenvalue weighted by Gasteiger charge is 2.22. The Bertz CT molecular complexity index is 1760. The molecule has 3 aromatic rings. The number of hydrogen-bond acceptors (Lipinski definition) is 11. The van der Waals surface area contributed by atoms with Crippen LogP contribution in [0.1, 0.15) is 128 Å². The predicted molar refractivity (Wildman–Crippen MR) is 247 cm³/mol. The third kappa shape index (κ3) is 23.6. The van der Waals surface area contributed by atoms with E-state index in [0.717, 1.165) is 53.2 Å². The molecule has 0 aliphatic rings. The van der Waals surface area contributed by atoms with Gasteiger partial charge in [-0.25, -0.2) is 5.06 Å². The average Bonchev–Trinajstić information content (AvgIpc) is 3.20. The van der Waals surface area contributed by atoms with Crippen molar-refractivity contribution in [1.29, 1.82) is 0 Å². The van der Waals surface area contributed by atoms with Crippen molar-refractivity contribution in [2.24, 2.45) is 5.16 Å². The molecule has 0 heterocycles. The Kier molecular flexibility index (Phi) is 30.3. The maximum atomic E-state index is 12.4. The molecule has 0 saturated carbocycles. The lowest BCUT2D eigenvalue weighted by atomic mass is 9.63. The van der Waals surface area contributed by atoms with E-state index in [1.807, 2.05) is 139 Å². The van der Waals surface area contributed by atoms with Gasteiger partial charge in [0.05, 0.1) is 18.4 Å². The van der Waals surface area contributed by atoms with Crippen molar-refractivity contribution in [2.75, 3.05) is 47.2 Å². The second-order valence-corrected chi connectivity index (χ2v) is 14.0. The van der Waals surface area contributed by atoms with E-state index >= 15 is 0 Å². The molecule has 0 saturated heterocycles. The van der Waals surface area contributed by atoms with E-state index in [1.165, 1.54) is 25.0 Å². The molecular weight excluding hydrogens is 774 g/mol. The second-order valence-electron chi connectivity index (χ2n) is 14.0. The molecule has 0 fully saturated rings. The van der Waals surface area contributed by atoms with Gasteiger partial charge in [0.1, 0.15) is 17.6 Å². The molecule has 14 heteroatoms. The summed E-state index contributed by atoms with van der Waals surface area (Å²) in [6, 6.07) is 16.9. The fraction of sp³-hybridized carbons (Fsp3) is 0.532. The molecule has 1 amide bonds. The van der Waals surface area contributed by atoms with Gasteiger partial charge in [0.25, 0.3) is 13.2 Å². The molecule has 3 aromatic carbocycles. The first kappa shape index (κ1) is 56.8. The Labute approximate surface area is 368 Å². The molecular formula is C47H72B2N2O10. The molecule has 0 spiro atoms. The number of rotatable bonds is 21. The summed E-state index contributed by atoms with van der Waals surface area (Å²) >= 11 is 0. The number of aryl methyl sites for hydroxylation is 5. The van der Waals surface area contributed by atoms with Gasteiger partial charge < -0.3 is 38.1 Å². The number of carbonyl (C=O) groups is 3. The monoisotopic (exact) mass is 847 g/mol. The Morgan fingerprint density at radius 1 is 0.623 bits per heavy atom. The lowest BCUT2D eigenvalue weighted by Gasteiger charge is -2.16. The van der Waals surface area contributed by atoms with Crippen LogP contribution in [0.15, 0.2) is 59.8 Å². The third-order valence-corrected chi connectivity index (χ3v) is 8.42. The summed E-state index contributed by atoms with van der Waals surface area (Å²) in [5.74, 6) is 0.305. The average molecular weight is 847 g/mol. The zero-order valence-corrected chi connectivity index (χ0v) is 39.8. The van der Waals surface area contributed by atoms with E-state index in [9.17, 15) is 14.4 Å². The van der Waals surface area contributed by atoms with Gasteiger partial charge in [0.2, 0.25) is 7.28 Å². The fourth-order valence-electron chi connectivity index (χ4n) is 5.41. The van der Waals surface area contributed by atoms with E-state index in [-0.39, 0.29) is 29.6 Å². The highest BCUT2D eigenvalue weighted by Crippen LogP contribution is 2.22. The van der Waals surface area contributed by atoms with Gasteiger partial charge in [-0.15, -0.1) is 0 Å². The SMILES string of the molecule is CCOC(C)OCC.CCOC([B]C(=O)c1ccc(C)cc1C)CC.CCOC([B]C(=O)c1ccc(C)cc1ON=C(C)C)OCC.CON(C)C(=O)c1ccc(C)cc1C. The van der Waals surface area contributed by atoms with Crippen LogP contribution in [0.4, 0.5) is 0 Å². The Balaban J connectivity index is 0.000000828. The number of hydroxylamine groups is 2. The normalized spacial score (nSPS) is 10.9. The molecule has 0 aromatic heterocycles. The third-order valence-electron chi connectivity index (χ3n) is 8.42. The van der Waals surface area contributed by atoms with Crippen molar-refractivity contribution in [3.63, 3.8) is 0 Å². The van der Waals surface area contributed by atoms with Gasteiger partial charge in [-0.05, 0) is 131 Å². The van der Waals surface area contributed by atoms with E-state index in [4.69, 9.17) is 33.4 Å². The first-order valence-electron chi connectivity index (χ1n) is 21.0. The zero-order valence-electron chi connectivity index (χ0n) is 39.8. The van der Waals surface area contributed by atoms with Crippen LogP contribution in [0.5, 0.6) is 5.75 Å². The molecule has 0 aliphatic carbocycles. The van der Waals surface area contributed by atoms with Gasteiger partial charge in [-0.3, -0.25) is 9.63 Å². The van der Waals surface area contributed by atoms with Crippen LogP contribution in [0, 0.1) is 34.6 Å². The van der Waals surface area contributed by atoms with E-state index in [2.05, 4.69) is 5.16 Å². The minimum Gasteiger partial charge on any atom is -0.387 e. The van der Waals surface area contributed by atoms with Crippen molar-refractivity contribution in [1.82, 2.24) is 5.06 Å². The van der Waals surface area contributed by atoms with Crippen molar-refractivity contribution < 1.29 is 47.7 Å². The smallest absolute Gasteiger partial charge is 0.283 e. The number of oxime groups is 1. The summed E-state index contributed by atoms with van der Waals surface area (Å²) in [6.07, 6.45) is 0.128. The highest BCUT2D eigenvalue weighted by molar-refractivity contribution is 6.78. The van der Waals surface area contributed by atoms with Crippen LogP contribution in [0.2, 0.25) is 0 Å². The van der Waals surface area contributed by atoms with Gasteiger partial charge in [-0.1, -0.05) is 59.6 Å². The molecule has 0 N–H and O–H groups in total. The topological polar surface area (TPSA) is 131 Å². The standard InChI is InChI=1S/C16H23BNO4.C14H20BO2.C11H15NO2.C6H14O2/c1-6-20-16(21-7-2)17-15(19)13-9-8-12(5)10-14(13)22-18-11(3)4;1-5-13(17-6-2)15-14(16)12-8-7-10(3)9-11(12)4;1-8-5-6-10(9(2)7-8)11(13)12(3)14-4;1-4-7-6(3)8-5-2/h8-10,16H,6-7H2,1-5H3;7-9,13H,5-6H2,1-4H3;5-7H,1-4H3;6H,4-5H2,1-3H3. The molecule has 12 nitrogen and oxygen atoms in total. The number of ether oxygens (including phenoxy) is 5. The molecule has 3 rings (SSSR count). The van der Waals surface area contributed by atoms with Crippen LogP contribution < -0.4 is 4.84 Å². The summed E-state index contributed by atoms with van der Waals surface area (Å²) in [6.45, 7) is 30.0. The maximum Gasteiger partial charge on any atom is 0.283 e. The second kappa shape index (κ2) is 32.5. The largest absolute Gasteiger partial charge is 0.387 e. The van der Waals surface area contributed by atoms with Crippen molar-refractivity contribution in [2.45, 2.75) is 122 Å². The molecule has 1 unspecified atom stereocenters. The minimum absolute atomic E-state index is 0.0370. The van der Waals surface area contributed by atoms with Crippen LogP contribution in [-0.4, -0.2) is 108 Å². The molecule has 1 atom stereocenters. The van der Waals surface area contributed by atoms with Crippen LogP contribution >= 0.6 is 0 Å². The molecule has 2 radical (unpaired) electrons. The van der Waals surface area contributed by atoms with E-state index in [0.29, 0.717) is 36.7 Å². The van der Waals surface area contributed by atoms with Gasteiger partial charge in [0, 0.05) is 57.2 Å². The molecule has 336 valence electrons. The van der Waals surface area contributed by atoms with Gasteiger partial charge in [-0.2, -0.15) is 0 Å². The zero-order chi connectivity index (χ0) is 46.5. The summed E-state index contributed by atoms with van der Waals surface area (Å²) in [4.78, 5) is 46.4. The lowest BCUT2D eigenvalue weighted by molar-refractivity contribution is -0.123. The van der Waals surface area contributed by atoms with Gasteiger partial charge >= 0.3 is 0 Å². The Morgan fingerprint density at radius 2 is 1.07 bits per heavy atom. The van der Waals surface area contributed by atoms with Crippen molar-refractivity contribution in [3.05, 3.63) is 99.1 Å². The maximum absolute atomic E-state index is 12.4. The Morgan fingerprint density at radius 3 is 1.49 bits per heavy atom. The molecule has 0 bridgehead atoms. The van der Waals surface area contributed by atoms with E-state index in [1.54, 1.807) is 26.5 Å². The van der Waals surface area contributed by atoms with Crippen LogP contribution in [-0.2, 0) is 28.5 Å². The Hall–Kier alpha value is -4.17. The van der Waals surface area contributed by atoms with Crippen molar-refractivity contribution >= 4 is 37.5 Å². The van der Waals surface area contributed by atoms with E-state index < -0.39 is 6.19 Å². The number of amides is 1. The summed E-state index contributed by atoms with van der Waals surface area (Å²) in [5.41, 5.74) is 7.81. The van der Waals surface area contributed by atoms with Crippen molar-refractivity contribution in [3.8, 4) is 5.75 Å². The first-order chi connectivity index (χ1) is 28.9.